The molecular weight excluding hydrogens is 282 g/mol. The molecule has 0 aliphatic heterocycles. The van der Waals surface area contributed by atoms with Gasteiger partial charge < -0.3 is 10.4 Å². The van der Waals surface area contributed by atoms with Gasteiger partial charge in [0.25, 0.3) is 5.91 Å². The normalized spacial score (nSPS) is 11.3. The number of amides is 1. The number of aliphatic hydroxyl groups excluding tert-OH is 1. The fourth-order valence-electron chi connectivity index (χ4n) is 2.02. The standard InChI is InChI=1S/C17H17NO2S/c1-2-15(16-10-6-12-21-16)18-17(20)14-9-4-3-7-13(14)8-5-11-19/h3-4,6-7,9-10,12,15,19H,2,11H2,1H3,(H,18,20). The molecule has 2 aromatic rings. The van der Waals surface area contributed by atoms with Gasteiger partial charge in [-0.15, -0.1) is 11.3 Å². The van der Waals surface area contributed by atoms with Crippen molar-refractivity contribution in [2.45, 2.75) is 19.4 Å². The maximum absolute atomic E-state index is 12.5. The van der Waals surface area contributed by atoms with E-state index in [0.717, 1.165) is 11.3 Å². The minimum Gasteiger partial charge on any atom is -0.384 e. The van der Waals surface area contributed by atoms with Crippen LogP contribution in [0.1, 0.15) is 40.2 Å². The first-order valence-electron chi connectivity index (χ1n) is 6.79. The van der Waals surface area contributed by atoms with Crippen molar-refractivity contribution >= 4 is 17.2 Å². The second-order valence-corrected chi connectivity index (χ2v) is 5.43. The Kier molecular flexibility index (Phi) is 5.56. The zero-order chi connectivity index (χ0) is 15.1. The summed E-state index contributed by atoms with van der Waals surface area (Å²) in [6.45, 7) is 1.82. The molecule has 0 saturated heterocycles. The van der Waals surface area contributed by atoms with E-state index in [1.807, 2.05) is 36.6 Å². The summed E-state index contributed by atoms with van der Waals surface area (Å²) in [7, 11) is 0. The first kappa shape index (κ1) is 15.3. The lowest BCUT2D eigenvalue weighted by Crippen LogP contribution is -2.28. The number of carbonyl (C=O) groups excluding carboxylic acids is 1. The van der Waals surface area contributed by atoms with Crippen molar-refractivity contribution in [2.75, 3.05) is 6.61 Å². The molecular formula is C17H17NO2S. The quantitative estimate of drug-likeness (QED) is 0.853. The van der Waals surface area contributed by atoms with Crippen LogP contribution in [0.3, 0.4) is 0 Å². The molecule has 3 nitrogen and oxygen atoms in total. The molecule has 0 spiro atoms. The van der Waals surface area contributed by atoms with Gasteiger partial charge in [-0.25, -0.2) is 0 Å². The van der Waals surface area contributed by atoms with Gasteiger partial charge in [-0.3, -0.25) is 4.79 Å². The van der Waals surface area contributed by atoms with Gasteiger partial charge in [0.15, 0.2) is 0 Å². The maximum Gasteiger partial charge on any atom is 0.253 e. The second kappa shape index (κ2) is 7.63. The number of aliphatic hydroxyl groups is 1. The fraction of sp³-hybridized carbons (Fsp3) is 0.235. The van der Waals surface area contributed by atoms with E-state index in [9.17, 15) is 4.79 Å². The average molecular weight is 299 g/mol. The van der Waals surface area contributed by atoms with Gasteiger partial charge >= 0.3 is 0 Å². The molecule has 2 N–H and O–H groups in total. The van der Waals surface area contributed by atoms with Crippen LogP contribution in [0, 0.1) is 11.8 Å². The first-order valence-corrected chi connectivity index (χ1v) is 7.67. The SMILES string of the molecule is CCC(NC(=O)c1ccccc1C#CCO)c1cccs1. The number of rotatable bonds is 4. The number of carbonyl (C=O) groups is 1. The minimum absolute atomic E-state index is 0.0105. The molecule has 1 atom stereocenters. The van der Waals surface area contributed by atoms with Crippen molar-refractivity contribution < 1.29 is 9.90 Å². The van der Waals surface area contributed by atoms with Crippen LogP contribution in [0.2, 0.25) is 0 Å². The summed E-state index contributed by atoms with van der Waals surface area (Å²) in [6.07, 6.45) is 0.830. The largest absolute Gasteiger partial charge is 0.384 e. The molecule has 0 bridgehead atoms. The third kappa shape index (κ3) is 3.94. The highest BCUT2D eigenvalue weighted by atomic mass is 32.1. The fourth-order valence-corrected chi connectivity index (χ4v) is 2.89. The van der Waals surface area contributed by atoms with Crippen LogP contribution in [0.4, 0.5) is 0 Å². The van der Waals surface area contributed by atoms with Gasteiger partial charge in [0.05, 0.1) is 11.6 Å². The summed E-state index contributed by atoms with van der Waals surface area (Å²) >= 11 is 1.64. The van der Waals surface area contributed by atoms with E-state index < -0.39 is 0 Å². The molecule has 0 radical (unpaired) electrons. The van der Waals surface area contributed by atoms with E-state index in [1.54, 1.807) is 23.5 Å². The second-order valence-electron chi connectivity index (χ2n) is 4.46. The van der Waals surface area contributed by atoms with Gasteiger partial charge in [0.2, 0.25) is 0 Å². The maximum atomic E-state index is 12.5. The summed E-state index contributed by atoms with van der Waals surface area (Å²) in [6, 6.07) is 11.2. The first-order chi connectivity index (χ1) is 10.3. The van der Waals surface area contributed by atoms with Crippen LogP contribution < -0.4 is 5.32 Å². The summed E-state index contributed by atoms with van der Waals surface area (Å²) in [5, 5.41) is 13.8. The number of hydrogen-bond acceptors (Lipinski definition) is 3. The van der Waals surface area contributed by atoms with Crippen molar-refractivity contribution in [3.8, 4) is 11.8 Å². The molecule has 0 fully saturated rings. The zero-order valence-corrected chi connectivity index (χ0v) is 12.6. The van der Waals surface area contributed by atoms with Crippen molar-refractivity contribution in [2.24, 2.45) is 0 Å². The number of hydrogen-bond donors (Lipinski definition) is 2. The van der Waals surface area contributed by atoms with E-state index >= 15 is 0 Å². The van der Waals surface area contributed by atoms with E-state index in [4.69, 9.17) is 5.11 Å². The van der Waals surface area contributed by atoms with Crippen LogP contribution in [-0.4, -0.2) is 17.6 Å². The molecule has 1 unspecified atom stereocenters. The van der Waals surface area contributed by atoms with Crippen molar-refractivity contribution in [1.29, 1.82) is 0 Å². The third-order valence-corrected chi connectivity index (χ3v) is 4.06. The topological polar surface area (TPSA) is 49.3 Å². The predicted octanol–water partition coefficient (Wildman–Crippen LogP) is 2.97. The highest BCUT2D eigenvalue weighted by Gasteiger charge is 2.16. The molecule has 1 aromatic heterocycles. The third-order valence-electron chi connectivity index (χ3n) is 3.07. The van der Waals surface area contributed by atoms with Crippen molar-refractivity contribution in [3.63, 3.8) is 0 Å². The van der Waals surface area contributed by atoms with Crippen LogP contribution in [-0.2, 0) is 0 Å². The van der Waals surface area contributed by atoms with Crippen molar-refractivity contribution in [3.05, 3.63) is 57.8 Å². The van der Waals surface area contributed by atoms with Crippen LogP contribution in [0.25, 0.3) is 0 Å². The number of thiophene rings is 1. The molecule has 108 valence electrons. The minimum atomic E-state index is -0.220. The lowest BCUT2D eigenvalue weighted by molar-refractivity contribution is 0.0936. The van der Waals surface area contributed by atoms with Gasteiger partial charge in [-0.2, -0.15) is 0 Å². The summed E-state index contributed by atoms with van der Waals surface area (Å²) in [5.74, 6) is 5.25. The predicted molar refractivity (Wildman–Crippen MR) is 85.2 cm³/mol. The Bertz CT molecular complexity index is 653. The molecule has 1 heterocycles. The Labute approximate surface area is 128 Å². The molecule has 0 saturated carbocycles. The van der Waals surface area contributed by atoms with Crippen LogP contribution in [0.5, 0.6) is 0 Å². The Morgan fingerprint density at radius 2 is 2.14 bits per heavy atom. The van der Waals surface area contributed by atoms with Gasteiger partial charge in [-0.05, 0) is 30.0 Å². The smallest absolute Gasteiger partial charge is 0.253 e. The van der Waals surface area contributed by atoms with Gasteiger partial charge in [-0.1, -0.05) is 37.0 Å². The van der Waals surface area contributed by atoms with Gasteiger partial charge in [0, 0.05) is 10.4 Å². The van der Waals surface area contributed by atoms with Crippen LogP contribution in [0.15, 0.2) is 41.8 Å². The molecule has 1 aromatic carbocycles. The Morgan fingerprint density at radius 1 is 1.33 bits per heavy atom. The number of benzene rings is 1. The average Bonchev–Trinajstić information content (AvgIpc) is 3.04. The molecule has 0 aliphatic carbocycles. The Hall–Kier alpha value is -2.09. The number of nitrogens with one attached hydrogen (secondary N) is 1. The summed E-state index contributed by atoms with van der Waals surface area (Å²) < 4.78 is 0. The van der Waals surface area contributed by atoms with Crippen molar-refractivity contribution in [1.82, 2.24) is 5.32 Å². The zero-order valence-electron chi connectivity index (χ0n) is 11.8. The molecule has 4 heteroatoms. The summed E-state index contributed by atoms with van der Waals surface area (Å²) in [5.41, 5.74) is 1.17. The van der Waals surface area contributed by atoms with Gasteiger partial charge in [0.1, 0.15) is 6.61 Å². The van der Waals surface area contributed by atoms with Crippen LogP contribution >= 0.6 is 11.3 Å². The van der Waals surface area contributed by atoms with E-state index in [0.29, 0.717) is 11.1 Å². The lowest BCUT2D eigenvalue weighted by Gasteiger charge is -2.16. The molecule has 0 aliphatic rings. The molecule has 2 rings (SSSR count). The van der Waals surface area contributed by atoms with E-state index in [2.05, 4.69) is 17.2 Å². The highest BCUT2D eigenvalue weighted by Crippen LogP contribution is 2.22. The lowest BCUT2D eigenvalue weighted by atomic mass is 10.1. The molecule has 21 heavy (non-hydrogen) atoms. The summed E-state index contributed by atoms with van der Waals surface area (Å²) in [4.78, 5) is 13.6. The molecule has 1 amide bonds. The van der Waals surface area contributed by atoms with E-state index in [1.165, 1.54) is 0 Å². The highest BCUT2D eigenvalue weighted by molar-refractivity contribution is 7.10. The Balaban J connectivity index is 2.20. The monoisotopic (exact) mass is 299 g/mol. The Morgan fingerprint density at radius 3 is 2.81 bits per heavy atom. The van der Waals surface area contributed by atoms with E-state index in [-0.39, 0.29) is 18.6 Å².